The molecule has 2 heterocycles. The molecule has 21 heavy (non-hydrogen) atoms. The van der Waals surface area contributed by atoms with Crippen LogP contribution < -0.4 is 16.4 Å². The Morgan fingerprint density at radius 3 is 2.90 bits per heavy atom. The number of aromatic nitrogens is 2. The van der Waals surface area contributed by atoms with E-state index in [0.717, 1.165) is 17.0 Å². The quantitative estimate of drug-likeness (QED) is 0.391. The molecule has 1 fully saturated rings. The number of rotatable bonds is 7. The van der Waals surface area contributed by atoms with Gasteiger partial charge in [-0.05, 0) is 0 Å². The monoisotopic (exact) mass is 360 g/mol. The van der Waals surface area contributed by atoms with Crippen molar-refractivity contribution in [3.05, 3.63) is 12.0 Å². The minimum atomic E-state index is -0.186. The van der Waals surface area contributed by atoms with E-state index in [1.807, 2.05) is 4.57 Å². The van der Waals surface area contributed by atoms with Gasteiger partial charge in [-0.2, -0.15) is 0 Å². The number of imidazole rings is 1. The van der Waals surface area contributed by atoms with Gasteiger partial charge in [-0.15, -0.1) is 0 Å². The molecule has 1 aliphatic heterocycles. The molecular formula is C12H20N6O2Se. The molecule has 2 aliphatic rings. The van der Waals surface area contributed by atoms with Crippen LogP contribution in [0.2, 0.25) is 4.82 Å². The Kier molecular flexibility index (Phi) is 4.46. The Bertz CT molecular complexity index is 526. The van der Waals surface area contributed by atoms with Crippen molar-refractivity contribution in [2.24, 2.45) is 10.7 Å². The van der Waals surface area contributed by atoms with Crippen LogP contribution in [0.1, 0.15) is 24.7 Å². The summed E-state index contributed by atoms with van der Waals surface area (Å²) in [6, 6.07) is 0.514. The summed E-state index contributed by atoms with van der Waals surface area (Å²) in [7, 11) is 0. The van der Waals surface area contributed by atoms with Crippen LogP contribution in [-0.2, 0) is 5.44 Å². The first-order valence-electron chi connectivity index (χ1n) is 6.96. The zero-order valence-corrected chi connectivity index (χ0v) is 13.3. The van der Waals surface area contributed by atoms with E-state index in [4.69, 9.17) is 15.9 Å². The van der Waals surface area contributed by atoms with Crippen LogP contribution >= 0.6 is 0 Å². The molecule has 3 rings (SSSR count). The third-order valence-corrected chi connectivity index (χ3v) is 5.98. The first kappa shape index (κ1) is 14.8. The number of nitrogens with one attached hydrogen (secondary N) is 2. The van der Waals surface area contributed by atoms with E-state index in [1.54, 1.807) is 6.33 Å². The van der Waals surface area contributed by atoms with Crippen molar-refractivity contribution in [3.63, 3.8) is 0 Å². The Balaban J connectivity index is 1.72. The first-order chi connectivity index (χ1) is 10.2. The van der Waals surface area contributed by atoms with Gasteiger partial charge in [-0.1, -0.05) is 0 Å². The molecule has 1 aliphatic carbocycles. The molecule has 0 amide bonds. The summed E-state index contributed by atoms with van der Waals surface area (Å²) >= 11 is 0.0857. The van der Waals surface area contributed by atoms with Gasteiger partial charge in [-0.3, -0.25) is 0 Å². The molecule has 1 atom stereocenters. The number of aliphatic hydroxyl groups is 2. The fourth-order valence-electron chi connectivity index (χ4n) is 2.12. The average Bonchev–Trinajstić information content (AvgIpc) is 3.19. The molecule has 9 heteroatoms. The number of nitrogens with two attached hydrogens (primary N) is 1. The molecule has 1 saturated carbocycles. The van der Waals surface area contributed by atoms with Crippen molar-refractivity contribution < 1.29 is 10.2 Å². The second-order valence-electron chi connectivity index (χ2n) is 5.21. The number of aliphatic imine (C=N–C) groups is 1. The van der Waals surface area contributed by atoms with Gasteiger partial charge in [0.15, 0.2) is 0 Å². The molecular weight excluding hydrogens is 339 g/mol. The van der Waals surface area contributed by atoms with Gasteiger partial charge in [0.25, 0.3) is 0 Å². The van der Waals surface area contributed by atoms with Gasteiger partial charge in [0, 0.05) is 0 Å². The summed E-state index contributed by atoms with van der Waals surface area (Å²) < 4.78 is 1.98. The zero-order chi connectivity index (χ0) is 14.8. The van der Waals surface area contributed by atoms with Crippen molar-refractivity contribution in [1.82, 2.24) is 14.9 Å². The van der Waals surface area contributed by atoms with Crippen LogP contribution in [0.3, 0.4) is 0 Å². The Labute approximate surface area is 129 Å². The van der Waals surface area contributed by atoms with Gasteiger partial charge in [0.2, 0.25) is 0 Å². The van der Waals surface area contributed by atoms with Gasteiger partial charge in [-0.25, -0.2) is 0 Å². The molecule has 1 aromatic rings. The van der Waals surface area contributed by atoms with Crippen LogP contribution in [0.4, 0.5) is 5.82 Å². The fourth-order valence-corrected chi connectivity index (χ4v) is 3.76. The number of nitrogens with zero attached hydrogens (tertiary/aromatic N) is 3. The van der Waals surface area contributed by atoms with Crippen molar-refractivity contribution in [2.75, 3.05) is 18.5 Å². The molecule has 0 aromatic carbocycles. The second kappa shape index (κ2) is 6.33. The summed E-state index contributed by atoms with van der Waals surface area (Å²) in [6.07, 6.45) is 3.93. The van der Waals surface area contributed by atoms with Crippen molar-refractivity contribution in [2.45, 2.75) is 35.3 Å². The zero-order valence-electron chi connectivity index (χ0n) is 11.6. The SMILES string of the molecule is NC1=NC(NC2CC2)c2ncn(C[Se]C(CO)CO)c2N1. The van der Waals surface area contributed by atoms with Gasteiger partial charge < -0.3 is 0 Å². The van der Waals surface area contributed by atoms with Crippen molar-refractivity contribution >= 4 is 26.7 Å². The molecule has 0 saturated heterocycles. The normalized spacial score (nSPS) is 21.1. The topological polar surface area (TPSA) is 121 Å². The number of hydrogen-bond donors (Lipinski definition) is 5. The van der Waals surface area contributed by atoms with Crippen LogP contribution in [-0.4, -0.2) is 59.9 Å². The van der Waals surface area contributed by atoms with E-state index in [9.17, 15) is 0 Å². The maximum absolute atomic E-state index is 9.15. The molecule has 1 aromatic heterocycles. The summed E-state index contributed by atoms with van der Waals surface area (Å²) in [6.45, 7) is 0.0204. The van der Waals surface area contributed by atoms with E-state index in [1.165, 1.54) is 12.8 Å². The van der Waals surface area contributed by atoms with Crippen LogP contribution in [0.25, 0.3) is 0 Å². The Morgan fingerprint density at radius 1 is 1.48 bits per heavy atom. The Hall–Kier alpha value is -1.12. The van der Waals surface area contributed by atoms with E-state index in [-0.39, 0.29) is 39.2 Å². The summed E-state index contributed by atoms with van der Waals surface area (Å²) in [5.74, 6) is 1.24. The molecule has 0 spiro atoms. The molecule has 1 unspecified atom stereocenters. The number of fused-ring (bicyclic) bond motifs is 1. The number of guanidine groups is 1. The molecule has 6 N–H and O–H groups in total. The summed E-state index contributed by atoms with van der Waals surface area (Å²) in [5.41, 5.74) is 7.43. The minimum absolute atomic E-state index is 0.0102. The second-order valence-corrected chi connectivity index (χ2v) is 7.85. The number of aliphatic hydroxyl groups excluding tert-OH is 2. The predicted octanol–water partition coefficient (Wildman–Crippen LogP) is -1.19. The summed E-state index contributed by atoms with van der Waals surface area (Å²) in [4.78, 5) is 8.76. The van der Waals surface area contributed by atoms with Crippen molar-refractivity contribution in [1.29, 1.82) is 0 Å². The van der Waals surface area contributed by atoms with Gasteiger partial charge >= 0.3 is 128 Å². The number of anilines is 1. The van der Waals surface area contributed by atoms with E-state index < -0.39 is 0 Å². The van der Waals surface area contributed by atoms with E-state index >= 15 is 0 Å². The van der Waals surface area contributed by atoms with Crippen LogP contribution in [0.15, 0.2) is 11.3 Å². The third kappa shape index (κ3) is 3.38. The van der Waals surface area contributed by atoms with Gasteiger partial charge in [0.05, 0.1) is 0 Å². The fraction of sp³-hybridized carbons (Fsp3) is 0.667. The van der Waals surface area contributed by atoms with Crippen LogP contribution in [0.5, 0.6) is 0 Å². The molecule has 0 radical (unpaired) electrons. The van der Waals surface area contributed by atoms with Crippen molar-refractivity contribution in [3.8, 4) is 0 Å². The predicted molar refractivity (Wildman–Crippen MR) is 80.0 cm³/mol. The summed E-state index contributed by atoms with van der Waals surface area (Å²) in [5, 5.41) is 24.8. The van der Waals surface area contributed by atoms with Gasteiger partial charge in [0.1, 0.15) is 0 Å². The maximum atomic E-state index is 9.15. The number of hydrogen-bond acceptors (Lipinski definition) is 7. The average molecular weight is 359 g/mol. The van der Waals surface area contributed by atoms with E-state index in [0.29, 0.717) is 12.0 Å². The molecule has 116 valence electrons. The molecule has 8 nitrogen and oxygen atoms in total. The van der Waals surface area contributed by atoms with E-state index in [2.05, 4.69) is 20.6 Å². The third-order valence-electron chi connectivity index (χ3n) is 3.47. The molecule has 0 bridgehead atoms. The Morgan fingerprint density at radius 2 is 2.24 bits per heavy atom. The standard InChI is InChI=1S/C12H20N6O2Se/c13-12-16-10(15-7-1-2-7)9-11(17-12)18(5-14-9)6-21-8(3-19)4-20/h5,7-8,10,15,19-20H,1-4,6H2,(H3,13,16,17). The first-order valence-corrected chi connectivity index (χ1v) is 9.16. The van der Waals surface area contributed by atoms with Crippen LogP contribution in [0, 0.1) is 0 Å².